The van der Waals surface area contributed by atoms with E-state index >= 15 is 0 Å². The van der Waals surface area contributed by atoms with Crippen LogP contribution in [0.25, 0.3) is 0 Å². The molecule has 0 aliphatic heterocycles. The van der Waals surface area contributed by atoms with E-state index in [1.807, 2.05) is 0 Å². The molecule has 0 nitrogen and oxygen atoms in total. The number of hydrogen-bond donors (Lipinski definition) is 0. The molecule has 0 aliphatic carbocycles. The van der Waals surface area contributed by atoms with Gasteiger partial charge in [0.25, 0.3) is 0 Å². The van der Waals surface area contributed by atoms with Crippen LogP contribution >= 0.6 is 21.2 Å². The van der Waals surface area contributed by atoms with Crippen molar-refractivity contribution in [2.45, 2.75) is 0 Å². The topological polar surface area (TPSA) is 0 Å². The van der Waals surface area contributed by atoms with Gasteiger partial charge in [-0.3, -0.25) is 0 Å². The van der Waals surface area contributed by atoms with E-state index in [1.165, 1.54) is 0 Å². The Labute approximate surface area is 47.7 Å². The van der Waals surface area contributed by atoms with Gasteiger partial charge in [0.1, 0.15) is 0 Å². The molecular weight excluding hydrogens is 222 g/mol. The SMILES string of the molecule is C=[S-](=[V])I. The molecule has 0 spiro atoms. The summed E-state index contributed by atoms with van der Waals surface area (Å²) in [5.41, 5.74) is 0. The van der Waals surface area contributed by atoms with Gasteiger partial charge in [-0.2, -0.15) is 0 Å². The van der Waals surface area contributed by atoms with Gasteiger partial charge in [0.15, 0.2) is 0 Å². The molecule has 0 aromatic heterocycles. The first-order valence-electron chi connectivity index (χ1n) is 0.626. The van der Waals surface area contributed by atoms with Crippen molar-refractivity contribution in [2.24, 2.45) is 0 Å². The van der Waals surface area contributed by atoms with Crippen molar-refractivity contribution in [3.05, 3.63) is 0 Å². The molecule has 0 aliphatic rings. The molecule has 0 N–H and O–H groups in total. The second kappa shape index (κ2) is 2.75. The van der Waals surface area contributed by atoms with Gasteiger partial charge >= 0.3 is 48.1 Å². The van der Waals surface area contributed by atoms with Crippen LogP contribution in [0.1, 0.15) is 0 Å². The van der Waals surface area contributed by atoms with Crippen molar-refractivity contribution >= 4 is 32.4 Å². The van der Waals surface area contributed by atoms with Crippen LogP contribution in [0.3, 0.4) is 0 Å². The van der Waals surface area contributed by atoms with Crippen LogP contribution in [0.5, 0.6) is 0 Å². The van der Waals surface area contributed by atoms with Gasteiger partial charge < -0.3 is 0 Å². The molecule has 3 heteroatoms. The monoisotopic (exact) mass is 224 g/mol. The standard InChI is InChI=1S/CH2IS.V/c1-3-2;/h1H2;/q+1;-2. The summed E-state index contributed by atoms with van der Waals surface area (Å²) in [6.45, 7) is 0. The maximum atomic E-state index is 3.63. The van der Waals surface area contributed by atoms with Crippen LogP contribution in [0.15, 0.2) is 0 Å². The average molecular weight is 224 g/mol. The van der Waals surface area contributed by atoms with E-state index in [4.69, 9.17) is 0 Å². The van der Waals surface area contributed by atoms with Gasteiger partial charge in [0.05, 0.1) is 0 Å². The van der Waals surface area contributed by atoms with Gasteiger partial charge in [-0.05, 0) is 0 Å². The molecule has 0 saturated heterocycles. The number of hydrogen-bond acceptors (Lipinski definition) is 1. The summed E-state index contributed by atoms with van der Waals surface area (Å²) in [6, 6.07) is 0. The summed E-state index contributed by atoms with van der Waals surface area (Å²) in [4.78, 5) is 0. The second-order valence-electron chi connectivity index (χ2n) is 0.307. The molecule has 0 unspecified atom stereocenters. The van der Waals surface area contributed by atoms with Gasteiger partial charge in [-0.1, -0.05) is 0 Å². The Morgan fingerprint density at radius 2 is 2.00 bits per heavy atom. The van der Waals surface area contributed by atoms with Gasteiger partial charge in [-0.15, -0.1) is 0 Å². The average Bonchev–Trinajstić information content (AvgIpc) is 0.811. The summed E-state index contributed by atoms with van der Waals surface area (Å²) in [6.07, 6.45) is 0. The third-order valence-corrected chi connectivity index (χ3v) is 0. The molecule has 0 fully saturated rings. The zero-order valence-corrected chi connectivity index (χ0v) is 6.31. The van der Waals surface area contributed by atoms with Crippen molar-refractivity contribution in [3.8, 4) is 0 Å². The van der Waals surface area contributed by atoms with Crippen LogP contribution in [0, 0.1) is 0 Å². The van der Waals surface area contributed by atoms with Crippen LogP contribution in [0.2, 0.25) is 0 Å². The van der Waals surface area contributed by atoms with Crippen molar-refractivity contribution in [1.29, 1.82) is 0 Å². The Hall–Kier alpha value is 1.53. The predicted octanol–water partition coefficient (Wildman–Crippen LogP) is 0.849. The van der Waals surface area contributed by atoms with E-state index in [0.29, 0.717) is 5.31 Å². The maximum absolute atomic E-state index is 3.63. The first-order valence-corrected chi connectivity index (χ1v) is 6.23. The fraction of sp³-hybridized carbons (Fsp3) is 0. The zero-order chi connectivity index (χ0) is 3.58. The first kappa shape index (κ1) is 5.53. The van der Waals surface area contributed by atoms with E-state index in [-0.39, 0.29) is 0 Å². The molecule has 0 aromatic rings. The van der Waals surface area contributed by atoms with Crippen molar-refractivity contribution in [1.82, 2.24) is 0 Å². The normalized spacial score (nSPS) is 8.25. The second-order valence-corrected chi connectivity index (χ2v) is 9.52. The Kier molecular flexibility index (Phi) is 3.81. The summed E-state index contributed by atoms with van der Waals surface area (Å²) < 4.78 is 0. The Bertz CT molecular complexity index is 56.4. The molecule has 0 rings (SSSR count). The van der Waals surface area contributed by atoms with Gasteiger partial charge in [0.2, 0.25) is 0 Å². The molecule has 0 heterocycles. The molecular formula is CH2ISV-. The molecule has 0 bridgehead atoms. The molecule has 0 radical (unpaired) electrons. The minimum atomic E-state index is 0.296. The molecule has 0 atom stereocenters. The third-order valence-electron chi connectivity index (χ3n) is 0. The Morgan fingerprint density at radius 1 is 2.00 bits per heavy atom. The van der Waals surface area contributed by atoms with E-state index in [1.54, 1.807) is 0 Å². The van der Waals surface area contributed by atoms with Crippen molar-refractivity contribution < 1.29 is 15.7 Å². The predicted molar refractivity (Wildman–Crippen MR) is 28.5 cm³/mol. The molecule has 25 valence electrons. The first-order chi connectivity index (χ1) is 1.73. The molecule has 0 amide bonds. The fourth-order valence-electron chi connectivity index (χ4n) is 0. The van der Waals surface area contributed by atoms with Crippen LogP contribution in [0.4, 0.5) is 0 Å². The summed E-state index contributed by atoms with van der Waals surface area (Å²) in [5.74, 6) is 3.63. The zero-order valence-electron chi connectivity index (χ0n) is 1.94. The molecule has 0 aromatic carbocycles. The van der Waals surface area contributed by atoms with Crippen LogP contribution < -0.4 is 0 Å². The number of halogens is 1. The number of rotatable bonds is 0. The summed E-state index contributed by atoms with van der Waals surface area (Å²) in [5, 5.41) is 0.296. The van der Waals surface area contributed by atoms with Crippen LogP contribution in [-0.2, 0) is 21.0 Å². The Balaban J connectivity index is 3.51. The third kappa shape index (κ3) is 9.64. The van der Waals surface area contributed by atoms with E-state index < -0.39 is 0 Å². The quantitative estimate of drug-likeness (QED) is 0.325. The van der Waals surface area contributed by atoms with E-state index in [0.717, 1.165) is 0 Å². The molecule has 4 heavy (non-hydrogen) atoms. The van der Waals surface area contributed by atoms with Crippen LogP contribution in [-0.4, -0.2) is 5.87 Å². The summed E-state index contributed by atoms with van der Waals surface area (Å²) >= 11 is 4.67. The Morgan fingerprint density at radius 3 is 2.00 bits per heavy atom. The van der Waals surface area contributed by atoms with Crippen molar-refractivity contribution in [3.63, 3.8) is 0 Å². The minimum absolute atomic E-state index is 0.296. The summed E-state index contributed by atoms with van der Waals surface area (Å²) in [7, 11) is 0. The van der Waals surface area contributed by atoms with Gasteiger partial charge in [0, 0.05) is 0 Å². The van der Waals surface area contributed by atoms with E-state index in [9.17, 15) is 0 Å². The molecule has 0 saturated carbocycles. The van der Waals surface area contributed by atoms with Crippen molar-refractivity contribution in [2.75, 3.05) is 0 Å². The fourth-order valence-corrected chi connectivity index (χ4v) is 0. The van der Waals surface area contributed by atoms with E-state index in [2.05, 4.69) is 42.8 Å². The van der Waals surface area contributed by atoms with Gasteiger partial charge in [-0.25, -0.2) is 0 Å².